The van der Waals surface area contributed by atoms with E-state index in [9.17, 15) is 14.9 Å². The number of nitrogens with zero attached hydrogens (tertiary/aromatic N) is 4. The van der Waals surface area contributed by atoms with Gasteiger partial charge in [0.2, 0.25) is 0 Å². The van der Waals surface area contributed by atoms with Gasteiger partial charge < -0.3 is 11.1 Å². The van der Waals surface area contributed by atoms with Crippen LogP contribution in [0.15, 0.2) is 54.7 Å². The molecular formula is C20H23ClN6O3. The summed E-state index contributed by atoms with van der Waals surface area (Å²) in [5, 5.41) is 21.4. The Hall–Kier alpha value is -3.30. The third-order valence-electron chi connectivity index (χ3n) is 4.54. The molecule has 30 heavy (non-hydrogen) atoms. The predicted octanol–water partition coefficient (Wildman–Crippen LogP) is 3.15. The van der Waals surface area contributed by atoms with Gasteiger partial charge in [-0.1, -0.05) is 49.4 Å². The normalized spacial score (nSPS) is 11.6. The number of nitrogens with one attached hydrogen (secondary N) is 1. The molecule has 3 N–H and O–H groups in total. The van der Waals surface area contributed by atoms with Crippen LogP contribution in [0.3, 0.4) is 0 Å². The SMILES string of the molecule is CC(C)c1ccc(C(N)CNC(=O)c2cn(-c3cccc([N+](=O)[O-])c3)nn2)cc1.Cl. The van der Waals surface area contributed by atoms with E-state index in [0.717, 1.165) is 5.56 Å². The Bertz CT molecular complexity index is 1020. The highest BCUT2D eigenvalue weighted by atomic mass is 35.5. The van der Waals surface area contributed by atoms with Gasteiger partial charge in [0.05, 0.1) is 16.8 Å². The second-order valence-electron chi connectivity index (χ2n) is 6.96. The molecule has 0 aliphatic carbocycles. The van der Waals surface area contributed by atoms with Crippen molar-refractivity contribution in [2.24, 2.45) is 5.73 Å². The van der Waals surface area contributed by atoms with Crippen molar-refractivity contribution in [1.29, 1.82) is 0 Å². The lowest BCUT2D eigenvalue weighted by Gasteiger charge is -2.14. The van der Waals surface area contributed by atoms with Gasteiger partial charge in [0.25, 0.3) is 11.6 Å². The number of non-ortho nitro benzene ring substituents is 1. The first kappa shape index (κ1) is 23.0. The van der Waals surface area contributed by atoms with Crippen LogP contribution in [0, 0.1) is 10.1 Å². The summed E-state index contributed by atoms with van der Waals surface area (Å²) in [7, 11) is 0. The standard InChI is InChI=1S/C20H22N6O3.ClH/c1-13(2)14-6-8-15(9-7-14)18(21)11-22-20(27)19-12-25(24-23-19)16-4-3-5-17(10-16)26(28)29;/h3-10,12-13,18H,11,21H2,1-2H3,(H,22,27);1H. The molecule has 1 aromatic heterocycles. The van der Waals surface area contributed by atoms with E-state index in [1.165, 1.54) is 28.6 Å². The van der Waals surface area contributed by atoms with Crippen molar-refractivity contribution in [2.45, 2.75) is 25.8 Å². The minimum atomic E-state index is -0.497. The Morgan fingerprint density at radius 1 is 1.20 bits per heavy atom. The van der Waals surface area contributed by atoms with Crippen LogP contribution in [-0.4, -0.2) is 32.4 Å². The first-order valence-electron chi connectivity index (χ1n) is 9.16. The topological polar surface area (TPSA) is 129 Å². The molecule has 9 nitrogen and oxygen atoms in total. The Balaban J connectivity index is 0.00000320. The number of nitro groups is 1. The average Bonchev–Trinajstić information content (AvgIpc) is 3.22. The summed E-state index contributed by atoms with van der Waals surface area (Å²) < 4.78 is 1.31. The zero-order valence-corrected chi connectivity index (χ0v) is 17.4. The predicted molar refractivity (Wildman–Crippen MR) is 115 cm³/mol. The zero-order chi connectivity index (χ0) is 21.0. The molecule has 0 aliphatic rings. The minimum absolute atomic E-state index is 0. The van der Waals surface area contributed by atoms with Crippen LogP contribution < -0.4 is 11.1 Å². The molecule has 1 heterocycles. The summed E-state index contributed by atoms with van der Waals surface area (Å²) in [6, 6.07) is 13.6. The highest BCUT2D eigenvalue weighted by Gasteiger charge is 2.15. The molecule has 0 aliphatic heterocycles. The molecule has 10 heteroatoms. The lowest BCUT2D eigenvalue weighted by molar-refractivity contribution is -0.384. The maximum atomic E-state index is 12.4. The van der Waals surface area contributed by atoms with E-state index in [2.05, 4.69) is 29.5 Å². The maximum absolute atomic E-state index is 12.4. The Morgan fingerprint density at radius 2 is 1.87 bits per heavy atom. The molecular weight excluding hydrogens is 408 g/mol. The fraction of sp³-hybridized carbons (Fsp3) is 0.250. The van der Waals surface area contributed by atoms with Crippen molar-refractivity contribution in [1.82, 2.24) is 20.3 Å². The van der Waals surface area contributed by atoms with Crippen LogP contribution in [0.1, 0.15) is 47.4 Å². The third kappa shape index (κ3) is 5.40. The van der Waals surface area contributed by atoms with Crippen molar-refractivity contribution in [3.63, 3.8) is 0 Å². The van der Waals surface area contributed by atoms with Crippen LogP contribution in [0.4, 0.5) is 5.69 Å². The van der Waals surface area contributed by atoms with E-state index in [1.807, 2.05) is 24.3 Å². The number of carbonyl (C=O) groups excluding carboxylic acids is 1. The maximum Gasteiger partial charge on any atom is 0.273 e. The average molecular weight is 431 g/mol. The van der Waals surface area contributed by atoms with E-state index in [0.29, 0.717) is 11.6 Å². The summed E-state index contributed by atoms with van der Waals surface area (Å²) in [5.41, 5.74) is 8.78. The van der Waals surface area contributed by atoms with E-state index in [4.69, 9.17) is 5.73 Å². The quantitative estimate of drug-likeness (QED) is 0.437. The fourth-order valence-electron chi connectivity index (χ4n) is 2.78. The van der Waals surface area contributed by atoms with E-state index < -0.39 is 10.8 Å². The molecule has 1 atom stereocenters. The number of hydrogen-bond donors (Lipinski definition) is 2. The van der Waals surface area contributed by atoms with Crippen LogP contribution in [0.25, 0.3) is 5.69 Å². The van der Waals surface area contributed by atoms with Crippen molar-refractivity contribution in [3.05, 3.63) is 81.7 Å². The smallest absolute Gasteiger partial charge is 0.273 e. The van der Waals surface area contributed by atoms with Crippen LogP contribution in [0.2, 0.25) is 0 Å². The summed E-state index contributed by atoms with van der Waals surface area (Å²) in [6.07, 6.45) is 1.41. The summed E-state index contributed by atoms with van der Waals surface area (Å²) in [4.78, 5) is 22.8. The van der Waals surface area contributed by atoms with E-state index in [-0.39, 0.29) is 36.4 Å². The van der Waals surface area contributed by atoms with Gasteiger partial charge in [-0.2, -0.15) is 0 Å². The van der Waals surface area contributed by atoms with Gasteiger partial charge >= 0.3 is 0 Å². The van der Waals surface area contributed by atoms with Gasteiger partial charge in [-0.15, -0.1) is 17.5 Å². The van der Waals surface area contributed by atoms with Gasteiger partial charge in [0.1, 0.15) is 0 Å². The van der Waals surface area contributed by atoms with E-state index in [1.54, 1.807) is 12.1 Å². The molecule has 3 aromatic rings. The first-order chi connectivity index (χ1) is 13.8. The molecule has 1 unspecified atom stereocenters. The van der Waals surface area contributed by atoms with Gasteiger partial charge in [-0.25, -0.2) is 4.68 Å². The molecule has 158 valence electrons. The molecule has 0 spiro atoms. The lowest BCUT2D eigenvalue weighted by Crippen LogP contribution is -2.32. The van der Waals surface area contributed by atoms with Crippen molar-refractivity contribution >= 4 is 24.0 Å². The molecule has 0 bridgehead atoms. The summed E-state index contributed by atoms with van der Waals surface area (Å²) in [6.45, 7) is 4.48. The molecule has 0 saturated carbocycles. The molecule has 0 fully saturated rings. The monoisotopic (exact) mass is 430 g/mol. The zero-order valence-electron chi connectivity index (χ0n) is 16.6. The number of rotatable bonds is 7. The van der Waals surface area contributed by atoms with Crippen molar-refractivity contribution in [3.8, 4) is 5.69 Å². The highest BCUT2D eigenvalue weighted by molar-refractivity contribution is 5.91. The molecule has 1 amide bonds. The number of benzene rings is 2. The molecule has 2 aromatic carbocycles. The van der Waals surface area contributed by atoms with Gasteiger partial charge in [-0.05, 0) is 23.1 Å². The van der Waals surface area contributed by atoms with Gasteiger partial charge in [-0.3, -0.25) is 14.9 Å². The van der Waals surface area contributed by atoms with Crippen LogP contribution in [-0.2, 0) is 0 Å². The number of nitro benzene ring substituents is 1. The Labute approximate surface area is 179 Å². The number of hydrogen-bond acceptors (Lipinski definition) is 6. The van der Waals surface area contributed by atoms with Crippen molar-refractivity contribution in [2.75, 3.05) is 6.54 Å². The Kier molecular flexibility index (Phi) is 7.62. The number of nitrogens with two attached hydrogens (primary N) is 1. The largest absolute Gasteiger partial charge is 0.349 e. The summed E-state index contributed by atoms with van der Waals surface area (Å²) in [5.74, 6) is 0.0181. The minimum Gasteiger partial charge on any atom is -0.349 e. The van der Waals surface area contributed by atoms with Crippen molar-refractivity contribution < 1.29 is 9.72 Å². The van der Waals surface area contributed by atoms with E-state index >= 15 is 0 Å². The molecule has 0 radical (unpaired) electrons. The number of carbonyl (C=O) groups is 1. The van der Waals surface area contributed by atoms with Crippen LogP contribution >= 0.6 is 12.4 Å². The lowest BCUT2D eigenvalue weighted by atomic mass is 9.99. The number of amides is 1. The Morgan fingerprint density at radius 3 is 2.50 bits per heavy atom. The van der Waals surface area contributed by atoms with Crippen LogP contribution in [0.5, 0.6) is 0 Å². The second-order valence-corrected chi connectivity index (χ2v) is 6.96. The summed E-state index contributed by atoms with van der Waals surface area (Å²) >= 11 is 0. The number of aromatic nitrogens is 3. The number of halogens is 1. The second kappa shape index (κ2) is 9.95. The third-order valence-corrected chi connectivity index (χ3v) is 4.54. The van der Waals surface area contributed by atoms with Gasteiger partial charge in [0, 0.05) is 24.7 Å². The fourth-order valence-corrected chi connectivity index (χ4v) is 2.78. The molecule has 0 saturated heterocycles. The molecule has 3 rings (SSSR count). The highest BCUT2D eigenvalue weighted by Crippen LogP contribution is 2.18. The van der Waals surface area contributed by atoms with Gasteiger partial charge in [0.15, 0.2) is 5.69 Å². The first-order valence-corrected chi connectivity index (χ1v) is 9.16.